The molecule has 0 saturated carbocycles. The van der Waals surface area contributed by atoms with Gasteiger partial charge in [-0.15, -0.1) is 0 Å². The first kappa shape index (κ1) is 23.1. The minimum absolute atomic E-state index is 0.0144. The van der Waals surface area contributed by atoms with Crippen LogP contribution in [0.2, 0.25) is 0 Å². The number of nitrogens with zero attached hydrogens (tertiary/aromatic N) is 1. The Morgan fingerprint density at radius 1 is 1.13 bits per heavy atom. The van der Waals surface area contributed by atoms with Crippen LogP contribution < -0.4 is 9.46 Å². The normalized spacial score (nSPS) is 15.0. The van der Waals surface area contributed by atoms with Crippen LogP contribution in [0.3, 0.4) is 0 Å². The van der Waals surface area contributed by atoms with Crippen molar-refractivity contribution >= 4 is 21.6 Å². The van der Waals surface area contributed by atoms with E-state index in [0.29, 0.717) is 44.0 Å². The van der Waals surface area contributed by atoms with E-state index < -0.39 is 10.0 Å². The molecule has 0 bridgehead atoms. The fourth-order valence-electron chi connectivity index (χ4n) is 3.74. The predicted octanol–water partition coefficient (Wildman–Crippen LogP) is 3.03. The third-order valence-corrected chi connectivity index (χ3v) is 6.77. The van der Waals surface area contributed by atoms with Gasteiger partial charge in [0.1, 0.15) is 5.75 Å². The maximum Gasteiger partial charge on any atom is 0.261 e. The standard InChI is InChI=1S/C23H30N2O5S/c1-4-30-23-16(2)13-21(14-17(23)3)31(28,29)24-19-7-5-18(6-8-19)15-22(27)25-11-9-20(26)10-12-25/h5-8,13-14,20,24,26H,4,9-12,15H2,1-3H3. The van der Waals surface area contributed by atoms with Crippen LogP contribution >= 0.6 is 0 Å². The maximum atomic E-state index is 12.8. The number of aliphatic hydroxyl groups is 1. The van der Waals surface area contributed by atoms with E-state index in [0.717, 1.165) is 16.7 Å². The van der Waals surface area contributed by atoms with Crippen molar-refractivity contribution in [3.8, 4) is 5.75 Å². The molecular weight excluding hydrogens is 416 g/mol. The molecule has 0 unspecified atom stereocenters. The Labute approximate surface area is 184 Å². The molecule has 0 radical (unpaired) electrons. The molecular formula is C23H30N2O5S. The minimum atomic E-state index is -3.75. The Morgan fingerprint density at radius 2 is 1.71 bits per heavy atom. The summed E-state index contributed by atoms with van der Waals surface area (Å²) in [5.74, 6) is 0.722. The number of amides is 1. The quantitative estimate of drug-likeness (QED) is 0.682. The molecule has 31 heavy (non-hydrogen) atoms. The lowest BCUT2D eigenvalue weighted by Gasteiger charge is -2.29. The zero-order valence-corrected chi connectivity index (χ0v) is 19.0. The molecule has 8 heteroatoms. The fourth-order valence-corrected chi connectivity index (χ4v) is 4.97. The SMILES string of the molecule is CCOc1c(C)cc(S(=O)(=O)Nc2ccc(CC(=O)N3CCC(O)CC3)cc2)cc1C. The molecule has 7 nitrogen and oxygen atoms in total. The van der Waals surface area contributed by atoms with Gasteiger partial charge in [-0.1, -0.05) is 12.1 Å². The zero-order valence-electron chi connectivity index (χ0n) is 18.2. The van der Waals surface area contributed by atoms with E-state index in [1.807, 2.05) is 20.8 Å². The number of rotatable bonds is 7. The molecule has 2 aromatic carbocycles. The summed E-state index contributed by atoms with van der Waals surface area (Å²) in [6, 6.07) is 10.0. The van der Waals surface area contributed by atoms with Crippen LogP contribution in [0.15, 0.2) is 41.3 Å². The number of carbonyl (C=O) groups excluding carboxylic acids is 1. The predicted molar refractivity (Wildman–Crippen MR) is 120 cm³/mol. The summed E-state index contributed by atoms with van der Waals surface area (Å²) in [5, 5.41) is 9.57. The first-order chi connectivity index (χ1) is 14.7. The smallest absolute Gasteiger partial charge is 0.261 e. The van der Waals surface area contributed by atoms with E-state index in [-0.39, 0.29) is 23.3 Å². The Hall–Kier alpha value is -2.58. The van der Waals surface area contributed by atoms with Crippen LogP contribution in [0.4, 0.5) is 5.69 Å². The number of aliphatic hydroxyl groups excluding tert-OH is 1. The molecule has 1 amide bonds. The summed E-state index contributed by atoms with van der Waals surface area (Å²) in [7, 11) is -3.75. The van der Waals surface area contributed by atoms with Crippen molar-refractivity contribution in [2.24, 2.45) is 0 Å². The third kappa shape index (κ3) is 5.77. The van der Waals surface area contributed by atoms with Gasteiger partial charge in [0.15, 0.2) is 0 Å². The number of carbonyl (C=O) groups is 1. The minimum Gasteiger partial charge on any atom is -0.493 e. The Balaban J connectivity index is 1.67. The van der Waals surface area contributed by atoms with Gasteiger partial charge in [0, 0.05) is 18.8 Å². The molecule has 1 aliphatic heterocycles. The van der Waals surface area contributed by atoms with Crippen LogP contribution in [0.5, 0.6) is 5.75 Å². The Bertz CT molecular complexity index is 1000. The Morgan fingerprint density at radius 3 is 2.26 bits per heavy atom. The highest BCUT2D eigenvalue weighted by Crippen LogP contribution is 2.28. The van der Waals surface area contributed by atoms with Crippen molar-refractivity contribution in [1.29, 1.82) is 0 Å². The maximum absolute atomic E-state index is 12.8. The molecule has 0 spiro atoms. The molecule has 1 aliphatic rings. The fraction of sp³-hybridized carbons (Fsp3) is 0.435. The lowest BCUT2D eigenvalue weighted by Crippen LogP contribution is -2.40. The summed E-state index contributed by atoms with van der Waals surface area (Å²) in [6.07, 6.45) is 1.15. The van der Waals surface area contributed by atoms with E-state index in [1.54, 1.807) is 41.3 Å². The van der Waals surface area contributed by atoms with Gasteiger partial charge in [-0.05, 0) is 74.6 Å². The van der Waals surface area contributed by atoms with Crippen LogP contribution in [-0.2, 0) is 21.2 Å². The summed E-state index contributed by atoms with van der Waals surface area (Å²) in [6.45, 7) is 7.19. The molecule has 0 atom stereocenters. The number of aryl methyl sites for hydroxylation is 2. The number of ether oxygens (including phenoxy) is 1. The lowest BCUT2D eigenvalue weighted by molar-refractivity contribution is -0.132. The van der Waals surface area contributed by atoms with Gasteiger partial charge < -0.3 is 14.7 Å². The molecule has 1 saturated heterocycles. The van der Waals surface area contributed by atoms with Gasteiger partial charge in [0.2, 0.25) is 5.91 Å². The van der Waals surface area contributed by atoms with Gasteiger partial charge in [-0.25, -0.2) is 8.42 Å². The second-order valence-corrected chi connectivity index (χ2v) is 9.59. The summed E-state index contributed by atoms with van der Waals surface area (Å²) in [4.78, 5) is 14.4. The van der Waals surface area contributed by atoms with Crippen molar-refractivity contribution in [2.75, 3.05) is 24.4 Å². The highest BCUT2D eigenvalue weighted by Gasteiger charge is 2.21. The number of hydrogen-bond acceptors (Lipinski definition) is 5. The van der Waals surface area contributed by atoms with Crippen molar-refractivity contribution in [3.63, 3.8) is 0 Å². The molecule has 0 aromatic heterocycles. The molecule has 2 N–H and O–H groups in total. The molecule has 2 aromatic rings. The largest absolute Gasteiger partial charge is 0.493 e. The average molecular weight is 447 g/mol. The first-order valence-corrected chi connectivity index (χ1v) is 12.0. The lowest BCUT2D eigenvalue weighted by atomic mass is 10.1. The number of hydrogen-bond donors (Lipinski definition) is 2. The van der Waals surface area contributed by atoms with Crippen LogP contribution in [0.1, 0.15) is 36.5 Å². The molecule has 0 aliphatic carbocycles. The number of benzene rings is 2. The monoisotopic (exact) mass is 446 g/mol. The van der Waals surface area contributed by atoms with Crippen molar-refractivity contribution in [2.45, 2.75) is 51.0 Å². The van der Waals surface area contributed by atoms with Crippen LogP contribution in [0.25, 0.3) is 0 Å². The number of sulfonamides is 1. The molecule has 1 heterocycles. The highest BCUT2D eigenvalue weighted by atomic mass is 32.2. The topological polar surface area (TPSA) is 95.9 Å². The second kappa shape index (κ2) is 9.70. The van der Waals surface area contributed by atoms with E-state index in [2.05, 4.69) is 4.72 Å². The van der Waals surface area contributed by atoms with Crippen molar-refractivity contribution < 1.29 is 23.1 Å². The van der Waals surface area contributed by atoms with Crippen molar-refractivity contribution in [3.05, 3.63) is 53.1 Å². The average Bonchev–Trinajstić information content (AvgIpc) is 2.72. The Kier molecular flexibility index (Phi) is 7.23. The van der Waals surface area contributed by atoms with Crippen LogP contribution in [-0.4, -0.2) is 50.1 Å². The van der Waals surface area contributed by atoms with E-state index in [1.165, 1.54) is 0 Å². The third-order valence-electron chi connectivity index (χ3n) is 5.41. The highest BCUT2D eigenvalue weighted by molar-refractivity contribution is 7.92. The number of anilines is 1. The number of likely N-dealkylation sites (tertiary alicyclic amines) is 1. The van der Waals surface area contributed by atoms with E-state index in [4.69, 9.17) is 4.74 Å². The van der Waals surface area contributed by atoms with Crippen molar-refractivity contribution in [1.82, 2.24) is 4.90 Å². The van der Waals surface area contributed by atoms with Gasteiger partial charge in [-0.3, -0.25) is 9.52 Å². The van der Waals surface area contributed by atoms with Gasteiger partial charge in [0.05, 0.1) is 24.0 Å². The zero-order chi connectivity index (χ0) is 22.6. The van der Waals surface area contributed by atoms with Gasteiger partial charge in [0.25, 0.3) is 10.0 Å². The molecule has 168 valence electrons. The van der Waals surface area contributed by atoms with Crippen LogP contribution in [0, 0.1) is 13.8 Å². The second-order valence-electron chi connectivity index (χ2n) is 7.91. The first-order valence-electron chi connectivity index (χ1n) is 10.5. The van der Waals surface area contributed by atoms with Gasteiger partial charge >= 0.3 is 0 Å². The summed E-state index contributed by atoms with van der Waals surface area (Å²) < 4.78 is 33.9. The van der Waals surface area contributed by atoms with Gasteiger partial charge in [-0.2, -0.15) is 0 Å². The summed E-state index contributed by atoms with van der Waals surface area (Å²) in [5.41, 5.74) is 2.77. The molecule has 1 fully saturated rings. The summed E-state index contributed by atoms with van der Waals surface area (Å²) >= 11 is 0. The number of piperidine rings is 1. The van der Waals surface area contributed by atoms with E-state index in [9.17, 15) is 18.3 Å². The van der Waals surface area contributed by atoms with E-state index >= 15 is 0 Å². The number of nitrogens with one attached hydrogen (secondary N) is 1. The molecule has 3 rings (SSSR count).